The minimum atomic E-state index is 0.111. The van der Waals surface area contributed by atoms with E-state index in [4.69, 9.17) is 0 Å². The Morgan fingerprint density at radius 1 is 0.516 bits per heavy atom. The molecule has 0 aliphatic rings. The van der Waals surface area contributed by atoms with Gasteiger partial charge in [0.05, 0.1) is 0 Å². The van der Waals surface area contributed by atoms with Gasteiger partial charge in [0, 0.05) is 5.92 Å². The Morgan fingerprint density at radius 2 is 0.774 bits per heavy atom. The highest BCUT2D eigenvalue weighted by Gasteiger charge is 2.22. The van der Waals surface area contributed by atoms with Crippen LogP contribution in [0.3, 0.4) is 0 Å². The molecule has 0 fully saturated rings. The van der Waals surface area contributed by atoms with Gasteiger partial charge in [-0.3, -0.25) is 0 Å². The van der Waals surface area contributed by atoms with Gasteiger partial charge in [0.1, 0.15) is 17.2 Å². The second-order valence-corrected chi connectivity index (χ2v) is 9.20. The highest BCUT2D eigenvalue weighted by Crippen LogP contribution is 2.40. The Kier molecular flexibility index (Phi) is 6.35. The molecule has 0 spiro atoms. The zero-order chi connectivity index (χ0) is 23.0. The van der Waals surface area contributed by atoms with E-state index in [2.05, 4.69) is 43.3 Å². The van der Waals surface area contributed by atoms with E-state index in [1.807, 2.05) is 41.5 Å². The summed E-state index contributed by atoms with van der Waals surface area (Å²) >= 11 is 0. The van der Waals surface area contributed by atoms with Crippen molar-refractivity contribution >= 4 is 0 Å². The lowest BCUT2D eigenvalue weighted by molar-refractivity contribution is 0.465. The lowest BCUT2D eigenvalue weighted by atomic mass is 9.79. The monoisotopic (exact) mass is 418 g/mol. The fourth-order valence-electron chi connectivity index (χ4n) is 4.61. The van der Waals surface area contributed by atoms with Crippen LogP contribution in [0, 0.1) is 41.5 Å². The number of aryl methyl sites for hydroxylation is 6. The molecule has 0 bridgehead atoms. The maximum absolute atomic E-state index is 10.3. The van der Waals surface area contributed by atoms with Gasteiger partial charge < -0.3 is 15.3 Å². The number of benzene rings is 3. The molecular formula is C28H34O3. The van der Waals surface area contributed by atoms with Gasteiger partial charge in [-0.15, -0.1) is 0 Å². The van der Waals surface area contributed by atoms with Gasteiger partial charge in [-0.05, 0) is 104 Å². The van der Waals surface area contributed by atoms with Gasteiger partial charge in [0.15, 0.2) is 0 Å². The SMILES string of the molecule is Cc1cc(C(C)CC(c2cc(C)c(O)c(C)c2)c2cc(C)c(O)c(C)c2)cc(C)c1O. The third kappa shape index (κ3) is 4.56. The Morgan fingerprint density at radius 3 is 1.06 bits per heavy atom. The zero-order valence-electron chi connectivity index (χ0n) is 19.7. The summed E-state index contributed by atoms with van der Waals surface area (Å²) in [6, 6.07) is 12.4. The van der Waals surface area contributed by atoms with Crippen molar-refractivity contribution in [2.45, 2.75) is 66.7 Å². The van der Waals surface area contributed by atoms with Crippen molar-refractivity contribution < 1.29 is 15.3 Å². The van der Waals surface area contributed by atoms with Crippen molar-refractivity contribution in [1.29, 1.82) is 0 Å². The van der Waals surface area contributed by atoms with Crippen LogP contribution in [0.25, 0.3) is 0 Å². The van der Waals surface area contributed by atoms with Gasteiger partial charge in [0.2, 0.25) is 0 Å². The molecule has 0 radical (unpaired) electrons. The third-order valence-corrected chi connectivity index (χ3v) is 6.50. The molecule has 0 saturated carbocycles. The minimum Gasteiger partial charge on any atom is -0.507 e. The van der Waals surface area contributed by atoms with Gasteiger partial charge >= 0.3 is 0 Å². The number of aromatic hydroxyl groups is 3. The van der Waals surface area contributed by atoms with Crippen LogP contribution in [0.1, 0.15) is 75.3 Å². The molecule has 3 nitrogen and oxygen atoms in total. The molecule has 3 N–H and O–H groups in total. The predicted molar refractivity (Wildman–Crippen MR) is 128 cm³/mol. The molecule has 164 valence electrons. The van der Waals surface area contributed by atoms with E-state index in [0.29, 0.717) is 17.2 Å². The smallest absolute Gasteiger partial charge is 0.121 e. The molecule has 0 aliphatic heterocycles. The van der Waals surface area contributed by atoms with Crippen molar-refractivity contribution in [3.05, 3.63) is 86.5 Å². The van der Waals surface area contributed by atoms with Crippen molar-refractivity contribution in [3.8, 4) is 17.2 Å². The number of phenolic OH excluding ortho intramolecular Hbond substituents is 3. The largest absolute Gasteiger partial charge is 0.507 e. The molecule has 31 heavy (non-hydrogen) atoms. The Bertz CT molecular complexity index is 1000. The highest BCUT2D eigenvalue weighted by molar-refractivity contribution is 5.50. The molecule has 3 aromatic rings. The van der Waals surface area contributed by atoms with Gasteiger partial charge in [-0.25, -0.2) is 0 Å². The van der Waals surface area contributed by atoms with Crippen LogP contribution in [-0.4, -0.2) is 15.3 Å². The van der Waals surface area contributed by atoms with E-state index in [0.717, 1.165) is 50.9 Å². The van der Waals surface area contributed by atoms with E-state index in [1.165, 1.54) is 5.56 Å². The Labute approximate surface area is 186 Å². The summed E-state index contributed by atoms with van der Waals surface area (Å²) in [6.07, 6.45) is 0.872. The van der Waals surface area contributed by atoms with E-state index >= 15 is 0 Å². The average Bonchev–Trinajstić information content (AvgIpc) is 2.71. The molecule has 3 heteroatoms. The summed E-state index contributed by atoms with van der Waals surface area (Å²) in [5.74, 6) is 1.42. The first kappa shape index (κ1) is 22.7. The van der Waals surface area contributed by atoms with E-state index in [-0.39, 0.29) is 11.8 Å². The Hall–Kier alpha value is -2.94. The maximum atomic E-state index is 10.3. The molecule has 3 aromatic carbocycles. The maximum Gasteiger partial charge on any atom is 0.121 e. The van der Waals surface area contributed by atoms with E-state index in [1.54, 1.807) is 0 Å². The average molecular weight is 419 g/mol. The van der Waals surface area contributed by atoms with Crippen molar-refractivity contribution in [2.75, 3.05) is 0 Å². The number of hydrogen-bond donors (Lipinski definition) is 3. The van der Waals surface area contributed by atoms with Crippen LogP contribution in [0.5, 0.6) is 17.2 Å². The van der Waals surface area contributed by atoms with E-state index in [9.17, 15) is 15.3 Å². The minimum absolute atomic E-state index is 0.111. The summed E-state index contributed by atoms with van der Waals surface area (Å²) in [5, 5.41) is 30.8. The summed E-state index contributed by atoms with van der Waals surface area (Å²) in [5.41, 5.74) is 8.81. The normalized spacial score (nSPS) is 12.4. The molecule has 1 atom stereocenters. The molecule has 0 aliphatic carbocycles. The molecule has 3 rings (SSSR count). The quantitative estimate of drug-likeness (QED) is 0.419. The molecule has 0 heterocycles. The van der Waals surface area contributed by atoms with E-state index < -0.39 is 0 Å². The van der Waals surface area contributed by atoms with Crippen LogP contribution in [-0.2, 0) is 0 Å². The third-order valence-electron chi connectivity index (χ3n) is 6.50. The summed E-state index contributed by atoms with van der Waals surface area (Å²) in [4.78, 5) is 0. The summed E-state index contributed by atoms with van der Waals surface area (Å²) in [6.45, 7) is 13.8. The first-order valence-corrected chi connectivity index (χ1v) is 10.9. The van der Waals surface area contributed by atoms with Crippen LogP contribution < -0.4 is 0 Å². The molecule has 0 aromatic heterocycles. The van der Waals surface area contributed by atoms with Gasteiger partial charge in [0.25, 0.3) is 0 Å². The van der Waals surface area contributed by atoms with Crippen LogP contribution in [0.2, 0.25) is 0 Å². The predicted octanol–water partition coefficient (Wildman–Crippen LogP) is 6.98. The van der Waals surface area contributed by atoms with Crippen molar-refractivity contribution in [3.63, 3.8) is 0 Å². The van der Waals surface area contributed by atoms with Gasteiger partial charge in [-0.1, -0.05) is 43.3 Å². The number of hydrogen-bond acceptors (Lipinski definition) is 3. The second kappa shape index (κ2) is 8.66. The first-order chi connectivity index (χ1) is 14.5. The number of phenols is 3. The van der Waals surface area contributed by atoms with Gasteiger partial charge in [-0.2, -0.15) is 0 Å². The highest BCUT2D eigenvalue weighted by atomic mass is 16.3. The standard InChI is InChI=1S/C28H34O3/c1-15(22-8-16(2)26(29)17(3)9-22)14-25(23-10-18(4)27(30)19(5)11-23)24-12-20(6)28(31)21(7)13-24/h8-13,15,25,29-31H,14H2,1-7H3. The van der Waals surface area contributed by atoms with Crippen LogP contribution >= 0.6 is 0 Å². The number of rotatable bonds is 5. The summed E-state index contributed by atoms with van der Waals surface area (Å²) in [7, 11) is 0. The molecule has 1 unspecified atom stereocenters. The first-order valence-electron chi connectivity index (χ1n) is 10.9. The zero-order valence-corrected chi connectivity index (χ0v) is 19.7. The van der Waals surface area contributed by atoms with Crippen molar-refractivity contribution in [2.24, 2.45) is 0 Å². The topological polar surface area (TPSA) is 60.7 Å². The molecule has 0 saturated heterocycles. The molecule has 0 amide bonds. The lowest BCUT2D eigenvalue weighted by Crippen LogP contribution is -2.08. The second-order valence-electron chi connectivity index (χ2n) is 9.20. The van der Waals surface area contributed by atoms with Crippen molar-refractivity contribution in [1.82, 2.24) is 0 Å². The Balaban J connectivity index is 2.10. The van der Waals surface area contributed by atoms with Crippen LogP contribution in [0.4, 0.5) is 0 Å². The fraction of sp³-hybridized carbons (Fsp3) is 0.357. The lowest BCUT2D eigenvalue weighted by Gasteiger charge is -2.25. The summed E-state index contributed by atoms with van der Waals surface area (Å²) < 4.78 is 0. The van der Waals surface area contributed by atoms with Crippen LogP contribution in [0.15, 0.2) is 36.4 Å². The fourth-order valence-corrected chi connectivity index (χ4v) is 4.61. The molecular weight excluding hydrogens is 384 g/mol.